The highest BCUT2D eigenvalue weighted by Crippen LogP contribution is 2.26. The molecule has 0 aromatic carbocycles. The van der Waals surface area contributed by atoms with Gasteiger partial charge in [0.2, 0.25) is 0 Å². The van der Waals surface area contributed by atoms with Gasteiger partial charge in [0.05, 0.1) is 11.3 Å². The van der Waals surface area contributed by atoms with Crippen molar-refractivity contribution in [2.24, 2.45) is 0 Å². The lowest BCUT2D eigenvalue weighted by atomic mass is 10.2. The number of aromatic carboxylic acids is 1. The smallest absolute Gasteiger partial charge is 0.340 e. The number of nitrogens with zero attached hydrogens (tertiary/aromatic N) is 2. The highest BCUT2D eigenvalue weighted by atomic mass is 35.5. The predicted octanol–water partition coefficient (Wildman–Crippen LogP) is 3.10. The van der Waals surface area contributed by atoms with Crippen LogP contribution in [0.5, 0.6) is 0 Å². The lowest BCUT2D eigenvalue weighted by Crippen LogP contribution is -2.14. The average molecular weight is 332 g/mol. The van der Waals surface area contributed by atoms with Crippen LogP contribution in [0.4, 0.5) is 5.00 Å². The van der Waals surface area contributed by atoms with Crippen molar-refractivity contribution >= 4 is 51.6 Å². The molecule has 2 aromatic heterocycles. The van der Waals surface area contributed by atoms with Gasteiger partial charge in [-0.2, -0.15) is 4.37 Å². The van der Waals surface area contributed by atoms with E-state index >= 15 is 0 Å². The highest BCUT2D eigenvalue weighted by molar-refractivity contribution is 7.11. The summed E-state index contributed by atoms with van der Waals surface area (Å²) in [6, 6.07) is 2.82. The van der Waals surface area contributed by atoms with E-state index in [1.54, 1.807) is 6.92 Å². The number of aryl methyl sites for hydroxylation is 1. The van der Waals surface area contributed by atoms with E-state index in [1.165, 1.54) is 12.1 Å². The number of hydrogen-bond donors (Lipinski definition) is 2. The molecule has 0 aliphatic rings. The van der Waals surface area contributed by atoms with E-state index in [0.717, 1.165) is 11.5 Å². The SMILES string of the molecule is Cc1nsc(NC(=O)c2ccc(Cl)nc2Cl)c1C(=O)O. The number of rotatable bonds is 3. The predicted molar refractivity (Wildman–Crippen MR) is 76.0 cm³/mol. The van der Waals surface area contributed by atoms with Gasteiger partial charge < -0.3 is 10.4 Å². The van der Waals surface area contributed by atoms with Crippen molar-refractivity contribution in [2.75, 3.05) is 5.32 Å². The highest BCUT2D eigenvalue weighted by Gasteiger charge is 2.21. The Kier molecular flexibility index (Phi) is 4.22. The second-order valence-electron chi connectivity index (χ2n) is 3.70. The maximum Gasteiger partial charge on any atom is 0.340 e. The minimum absolute atomic E-state index is 0.0404. The molecule has 0 radical (unpaired) electrons. The van der Waals surface area contributed by atoms with Crippen LogP contribution in [0.3, 0.4) is 0 Å². The fraction of sp³-hybridized carbons (Fsp3) is 0.0909. The van der Waals surface area contributed by atoms with E-state index in [9.17, 15) is 9.59 Å². The molecule has 9 heteroatoms. The van der Waals surface area contributed by atoms with Crippen molar-refractivity contribution in [3.63, 3.8) is 0 Å². The maximum atomic E-state index is 12.0. The molecule has 0 saturated heterocycles. The number of carbonyl (C=O) groups excluding carboxylic acids is 1. The molecule has 20 heavy (non-hydrogen) atoms. The van der Waals surface area contributed by atoms with Crippen molar-refractivity contribution in [3.8, 4) is 0 Å². The monoisotopic (exact) mass is 331 g/mol. The van der Waals surface area contributed by atoms with Gasteiger partial charge in [-0.1, -0.05) is 23.2 Å². The third-order valence-corrected chi connectivity index (χ3v) is 3.72. The molecule has 6 nitrogen and oxygen atoms in total. The number of halogens is 2. The summed E-state index contributed by atoms with van der Waals surface area (Å²) in [6.45, 7) is 1.55. The van der Waals surface area contributed by atoms with Crippen LogP contribution in [0.2, 0.25) is 10.3 Å². The molecule has 0 bridgehead atoms. The zero-order chi connectivity index (χ0) is 14.9. The van der Waals surface area contributed by atoms with Crippen LogP contribution < -0.4 is 5.32 Å². The molecule has 0 spiro atoms. The van der Waals surface area contributed by atoms with Crippen LogP contribution in [0.1, 0.15) is 26.4 Å². The molecule has 0 atom stereocenters. The van der Waals surface area contributed by atoms with E-state index in [4.69, 9.17) is 28.3 Å². The topological polar surface area (TPSA) is 92.2 Å². The summed E-state index contributed by atoms with van der Waals surface area (Å²) in [6.07, 6.45) is 0. The zero-order valence-electron chi connectivity index (χ0n) is 9.98. The molecule has 2 aromatic rings. The molecule has 2 N–H and O–H groups in total. The van der Waals surface area contributed by atoms with E-state index in [2.05, 4.69) is 14.7 Å². The Balaban J connectivity index is 2.31. The standard InChI is InChI=1S/C11H7Cl2N3O3S/c1-4-7(11(18)19)10(20-16-4)15-9(17)5-2-3-6(12)14-8(5)13/h2-3H,1H3,(H,15,17)(H,18,19). The van der Waals surface area contributed by atoms with Crippen LogP contribution in [0.25, 0.3) is 0 Å². The summed E-state index contributed by atoms with van der Waals surface area (Å²) >= 11 is 12.3. The van der Waals surface area contributed by atoms with Crippen LogP contribution in [0.15, 0.2) is 12.1 Å². The first kappa shape index (κ1) is 14.7. The first-order valence-corrected chi connectivity index (χ1v) is 6.76. The first-order valence-electron chi connectivity index (χ1n) is 5.23. The number of amides is 1. The average Bonchev–Trinajstić information content (AvgIpc) is 2.70. The van der Waals surface area contributed by atoms with E-state index < -0.39 is 11.9 Å². The van der Waals surface area contributed by atoms with Crippen molar-refractivity contribution < 1.29 is 14.7 Å². The Bertz CT molecular complexity index is 702. The fourth-order valence-electron chi connectivity index (χ4n) is 1.46. The normalized spacial score (nSPS) is 10.3. The van der Waals surface area contributed by atoms with Gasteiger partial charge in [-0.25, -0.2) is 9.78 Å². The Morgan fingerprint density at radius 3 is 2.65 bits per heavy atom. The van der Waals surface area contributed by atoms with E-state index in [-0.39, 0.29) is 26.4 Å². The zero-order valence-corrected chi connectivity index (χ0v) is 12.3. The van der Waals surface area contributed by atoms with Gasteiger partial charge in [0.25, 0.3) is 5.91 Å². The second kappa shape index (κ2) is 5.74. The number of aromatic nitrogens is 2. The van der Waals surface area contributed by atoms with E-state index in [1.807, 2.05) is 0 Å². The number of hydrogen-bond acceptors (Lipinski definition) is 5. The summed E-state index contributed by atoms with van der Waals surface area (Å²) in [5.41, 5.74) is 0.387. The van der Waals surface area contributed by atoms with Gasteiger partial charge in [-0.3, -0.25) is 4.79 Å². The third kappa shape index (κ3) is 2.90. The Morgan fingerprint density at radius 2 is 2.05 bits per heavy atom. The van der Waals surface area contributed by atoms with Crippen LogP contribution in [0, 0.1) is 6.92 Å². The quantitative estimate of drug-likeness (QED) is 0.843. The molecule has 1 amide bonds. The number of carboxylic acids is 1. The van der Waals surface area contributed by atoms with Crippen molar-refractivity contribution in [1.82, 2.24) is 9.36 Å². The van der Waals surface area contributed by atoms with Gasteiger partial charge in [0.1, 0.15) is 20.9 Å². The largest absolute Gasteiger partial charge is 0.478 e. The minimum atomic E-state index is -1.16. The number of pyridine rings is 1. The Hall–Kier alpha value is -1.70. The number of carbonyl (C=O) groups is 2. The molecule has 0 fully saturated rings. The Labute approximate surface area is 127 Å². The van der Waals surface area contributed by atoms with Crippen molar-refractivity contribution in [1.29, 1.82) is 0 Å². The Morgan fingerprint density at radius 1 is 1.35 bits per heavy atom. The van der Waals surface area contributed by atoms with Gasteiger partial charge in [-0.15, -0.1) is 0 Å². The maximum absolute atomic E-state index is 12.0. The number of nitrogens with one attached hydrogen (secondary N) is 1. The van der Waals surface area contributed by atoms with Crippen LogP contribution in [-0.2, 0) is 0 Å². The van der Waals surface area contributed by atoms with Crippen molar-refractivity contribution in [2.45, 2.75) is 6.92 Å². The summed E-state index contributed by atoms with van der Waals surface area (Å²) in [4.78, 5) is 26.9. The summed E-state index contributed by atoms with van der Waals surface area (Å²) in [7, 11) is 0. The van der Waals surface area contributed by atoms with Crippen LogP contribution >= 0.6 is 34.7 Å². The molecule has 0 aliphatic heterocycles. The fourth-order valence-corrected chi connectivity index (χ4v) is 2.67. The summed E-state index contributed by atoms with van der Waals surface area (Å²) in [5, 5.41) is 11.8. The van der Waals surface area contributed by atoms with Crippen LogP contribution in [-0.4, -0.2) is 26.3 Å². The molecule has 2 heterocycles. The molecule has 0 unspecified atom stereocenters. The lowest BCUT2D eigenvalue weighted by Gasteiger charge is -2.05. The molecule has 104 valence electrons. The molecule has 0 saturated carbocycles. The molecular formula is C11H7Cl2N3O3S. The van der Waals surface area contributed by atoms with Gasteiger partial charge in [-0.05, 0) is 30.6 Å². The minimum Gasteiger partial charge on any atom is -0.478 e. The first-order chi connectivity index (χ1) is 9.40. The van der Waals surface area contributed by atoms with Crippen molar-refractivity contribution in [3.05, 3.63) is 39.3 Å². The molecule has 0 aliphatic carbocycles. The van der Waals surface area contributed by atoms with E-state index in [0.29, 0.717) is 5.69 Å². The summed E-state index contributed by atoms with van der Waals surface area (Å²) < 4.78 is 3.90. The lowest BCUT2D eigenvalue weighted by molar-refractivity contribution is 0.0697. The van der Waals surface area contributed by atoms with Gasteiger partial charge in [0.15, 0.2) is 0 Å². The number of carboxylic acid groups (broad SMARTS) is 1. The van der Waals surface area contributed by atoms with Gasteiger partial charge in [0, 0.05) is 0 Å². The summed E-state index contributed by atoms with van der Waals surface area (Å²) in [5.74, 6) is -1.74. The third-order valence-electron chi connectivity index (χ3n) is 2.36. The number of anilines is 1. The second-order valence-corrected chi connectivity index (χ2v) is 5.22. The molecule has 2 rings (SSSR count). The van der Waals surface area contributed by atoms with Gasteiger partial charge >= 0.3 is 5.97 Å². The molecular weight excluding hydrogens is 325 g/mol.